The molecular weight excluding hydrogens is 342 g/mol. The number of nitrogens with one attached hydrogen (secondary N) is 1. The van der Waals surface area contributed by atoms with Crippen molar-refractivity contribution in [3.63, 3.8) is 0 Å². The van der Waals surface area contributed by atoms with Crippen LogP contribution in [0.3, 0.4) is 0 Å². The monoisotopic (exact) mass is 371 g/mol. The molecule has 1 unspecified atom stereocenters. The van der Waals surface area contributed by atoms with Crippen LogP contribution < -0.4 is 11.1 Å². The number of thioether (sulfide) groups is 1. The van der Waals surface area contributed by atoms with E-state index in [1.165, 1.54) is 55.9 Å². The molecule has 4 bridgehead atoms. The van der Waals surface area contributed by atoms with Crippen molar-refractivity contribution in [3.8, 4) is 0 Å². The number of nitrogens with two attached hydrogens (primary N) is 1. The van der Waals surface area contributed by atoms with E-state index in [0.717, 1.165) is 23.4 Å². The van der Waals surface area contributed by atoms with Crippen LogP contribution in [0, 0.1) is 17.8 Å². The molecule has 0 heterocycles. The van der Waals surface area contributed by atoms with Crippen LogP contribution in [-0.4, -0.2) is 23.4 Å². The minimum atomic E-state index is -0.220. The molecule has 26 heavy (non-hydrogen) atoms. The van der Waals surface area contributed by atoms with Gasteiger partial charge < -0.3 is 11.1 Å². The third-order valence-electron chi connectivity index (χ3n) is 6.40. The van der Waals surface area contributed by atoms with Crippen LogP contribution in [0.5, 0.6) is 0 Å². The largest absolute Gasteiger partial charge is 0.325 e. The lowest BCUT2D eigenvalue weighted by molar-refractivity contribution is -0.113. The number of hydrogen-bond donors (Lipinski definition) is 2. The van der Waals surface area contributed by atoms with Gasteiger partial charge in [-0.25, -0.2) is 0 Å². The number of anilines is 1. The number of rotatable bonds is 6. The summed E-state index contributed by atoms with van der Waals surface area (Å²) in [6, 6.07) is 8.67. The van der Waals surface area contributed by atoms with Gasteiger partial charge in [-0.3, -0.25) is 9.79 Å². The van der Waals surface area contributed by atoms with E-state index in [-0.39, 0.29) is 12.1 Å². The van der Waals surface area contributed by atoms with Crippen LogP contribution in [0.1, 0.15) is 51.0 Å². The lowest BCUT2D eigenvalue weighted by Gasteiger charge is -2.57. The number of amides is 1. The van der Waals surface area contributed by atoms with Gasteiger partial charge in [-0.15, -0.1) is 11.8 Å². The zero-order valence-electron chi connectivity index (χ0n) is 15.5. The number of carbonyl (C=O) groups is 1. The van der Waals surface area contributed by atoms with Crippen LogP contribution in [0.25, 0.3) is 0 Å². The van der Waals surface area contributed by atoms with Crippen LogP contribution in [0.4, 0.5) is 5.69 Å². The summed E-state index contributed by atoms with van der Waals surface area (Å²) < 4.78 is 0. The zero-order valence-corrected chi connectivity index (χ0v) is 16.3. The van der Waals surface area contributed by atoms with Crippen molar-refractivity contribution in [1.82, 2.24) is 0 Å². The first-order valence-corrected chi connectivity index (χ1v) is 10.9. The van der Waals surface area contributed by atoms with Gasteiger partial charge in [0, 0.05) is 5.69 Å². The van der Waals surface area contributed by atoms with E-state index in [1.807, 2.05) is 6.92 Å². The van der Waals surface area contributed by atoms with Crippen molar-refractivity contribution in [3.05, 3.63) is 29.8 Å². The fourth-order valence-electron chi connectivity index (χ4n) is 5.82. The maximum Gasteiger partial charge on any atom is 0.234 e. The molecule has 1 aromatic rings. The smallest absolute Gasteiger partial charge is 0.234 e. The summed E-state index contributed by atoms with van der Waals surface area (Å²) in [6.45, 7) is 1.81. The van der Waals surface area contributed by atoms with Gasteiger partial charge >= 0.3 is 0 Å². The first-order chi connectivity index (χ1) is 12.5. The molecule has 0 radical (unpaired) electrons. The number of carbonyl (C=O) groups excluding carboxylic acids is 1. The molecule has 1 atom stereocenters. The predicted molar refractivity (Wildman–Crippen MR) is 110 cm³/mol. The highest BCUT2D eigenvalue weighted by molar-refractivity contribution is 8.12. The topological polar surface area (TPSA) is 67.5 Å². The highest BCUT2D eigenvalue weighted by Gasteiger charge is 2.51. The number of hydrogen-bond acceptors (Lipinski definition) is 4. The molecule has 0 spiro atoms. The molecule has 5 rings (SSSR count). The Morgan fingerprint density at radius 1 is 1.23 bits per heavy atom. The second-order valence-corrected chi connectivity index (χ2v) is 9.46. The Labute approximate surface area is 160 Å². The summed E-state index contributed by atoms with van der Waals surface area (Å²) >= 11 is 1.37. The Balaban J connectivity index is 1.36. The average molecular weight is 372 g/mol. The maximum atomic E-state index is 12.0. The van der Waals surface area contributed by atoms with E-state index >= 15 is 0 Å². The number of aliphatic imine (C=N–C) groups is 1. The highest BCUT2D eigenvalue weighted by Crippen LogP contribution is 2.60. The van der Waals surface area contributed by atoms with Gasteiger partial charge in [-0.2, -0.15) is 0 Å². The number of nitrogens with zero attached hydrogens (tertiary/aromatic N) is 1. The van der Waals surface area contributed by atoms with Gasteiger partial charge in [0.05, 0.1) is 17.5 Å². The minimum Gasteiger partial charge on any atom is -0.325 e. The van der Waals surface area contributed by atoms with E-state index in [0.29, 0.717) is 11.2 Å². The molecule has 4 saturated carbocycles. The van der Waals surface area contributed by atoms with E-state index in [9.17, 15) is 4.79 Å². The standard InChI is InChI=1S/C21H29N3OS/c1-14(22)23-13-26-12-20(25)24-19-4-2-18(3-5-19)21-9-15-6-16(10-21)8-17(7-15)11-21/h2-5,13-17H,6-12,22H2,1H3,(H,24,25)/b23-13+. The molecular formula is C21H29N3OS. The van der Waals surface area contributed by atoms with Crippen LogP contribution in [0.15, 0.2) is 29.3 Å². The van der Waals surface area contributed by atoms with Crippen molar-refractivity contribution in [2.45, 2.75) is 57.0 Å². The van der Waals surface area contributed by atoms with Gasteiger partial charge in [0.25, 0.3) is 0 Å². The third kappa shape index (κ3) is 3.84. The SMILES string of the molecule is CC(N)/N=C/SCC(=O)Nc1ccc(C23CC4CC(CC(C4)C2)C3)cc1. The van der Waals surface area contributed by atoms with E-state index in [1.54, 1.807) is 5.55 Å². The molecule has 140 valence electrons. The lowest BCUT2D eigenvalue weighted by Crippen LogP contribution is -2.48. The Bertz CT molecular complexity index is 648. The van der Waals surface area contributed by atoms with Crippen LogP contribution in [-0.2, 0) is 10.2 Å². The van der Waals surface area contributed by atoms with Gasteiger partial charge in [-0.1, -0.05) is 12.1 Å². The van der Waals surface area contributed by atoms with Crippen LogP contribution in [0.2, 0.25) is 0 Å². The summed E-state index contributed by atoms with van der Waals surface area (Å²) in [4.78, 5) is 16.1. The van der Waals surface area contributed by atoms with Gasteiger partial charge in [0.1, 0.15) is 0 Å². The molecule has 0 saturated heterocycles. The predicted octanol–water partition coefficient (Wildman–Crippen LogP) is 4.16. The van der Waals surface area contributed by atoms with Crippen molar-refractivity contribution >= 4 is 28.9 Å². The van der Waals surface area contributed by atoms with Gasteiger partial charge in [0.2, 0.25) is 5.91 Å². The zero-order chi connectivity index (χ0) is 18.1. The summed E-state index contributed by atoms with van der Waals surface area (Å²) in [5.74, 6) is 3.21. The molecule has 1 amide bonds. The molecule has 4 aliphatic carbocycles. The normalized spacial score (nSPS) is 33.5. The van der Waals surface area contributed by atoms with Gasteiger partial charge in [0.15, 0.2) is 0 Å². The quantitative estimate of drug-likeness (QED) is 0.583. The highest BCUT2D eigenvalue weighted by atomic mass is 32.2. The Morgan fingerprint density at radius 3 is 2.35 bits per heavy atom. The first-order valence-electron chi connectivity index (χ1n) is 9.82. The van der Waals surface area contributed by atoms with E-state index in [4.69, 9.17) is 5.73 Å². The molecule has 4 aliphatic rings. The van der Waals surface area contributed by atoms with Crippen molar-refractivity contribution in [2.75, 3.05) is 11.1 Å². The van der Waals surface area contributed by atoms with Crippen molar-refractivity contribution in [2.24, 2.45) is 28.5 Å². The fraction of sp³-hybridized carbons (Fsp3) is 0.619. The first kappa shape index (κ1) is 18.1. The second kappa shape index (κ2) is 7.35. The molecule has 0 aromatic heterocycles. The lowest BCUT2D eigenvalue weighted by atomic mass is 9.48. The summed E-state index contributed by atoms with van der Waals surface area (Å²) in [5, 5.41) is 2.98. The third-order valence-corrected chi connectivity index (χ3v) is 7.10. The van der Waals surface area contributed by atoms with E-state index in [2.05, 4.69) is 34.6 Å². The second-order valence-electron chi connectivity index (χ2n) is 8.63. The fourth-order valence-corrected chi connectivity index (χ4v) is 6.40. The van der Waals surface area contributed by atoms with E-state index < -0.39 is 0 Å². The Morgan fingerprint density at radius 2 is 1.81 bits per heavy atom. The summed E-state index contributed by atoms with van der Waals surface area (Å²) in [6.07, 6.45) is 8.31. The molecule has 1 aromatic carbocycles. The molecule has 3 N–H and O–H groups in total. The number of benzene rings is 1. The minimum absolute atomic E-state index is 0.00585. The van der Waals surface area contributed by atoms with Crippen molar-refractivity contribution < 1.29 is 4.79 Å². The van der Waals surface area contributed by atoms with Crippen LogP contribution >= 0.6 is 11.8 Å². The Hall–Kier alpha value is -1.33. The maximum absolute atomic E-state index is 12.0. The Kier molecular flexibility index (Phi) is 5.11. The van der Waals surface area contributed by atoms with Gasteiger partial charge in [-0.05, 0) is 86.3 Å². The molecule has 5 heteroatoms. The molecule has 4 nitrogen and oxygen atoms in total. The van der Waals surface area contributed by atoms with Crippen molar-refractivity contribution in [1.29, 1.82) is 0 Å². The summed E-state index contributed by atoms with van der Waals surface area (Å²) in [7, 11) is 0. The average Bonchev–Trinajstić information content (AvgIpc) is 2.58. The molecule has 4 fully saturated rings. The molecule has 0 aliphatic heterocycles. The summed E-state index contributed by atoms with van der Waals surface area (Å²) in [5.41, 5.74) is 9.99.